The van der Waals surface area contributed by atoms with Crippen molar-refractivity contribution < 1.29 is 19.0 Å². The van der Waals surface area contributed by atoms with E-state index in [9.17, 15) is 4.79 Å². The summed E-state index contributed by atoms with van der Waals surface area (Å²) < 4.78 is 17.9. The minimum atomic E-state index is -0.302. The number of benzene rings is 3. The first-order valence-corrected chi connectivity index (χ1v) is 10.8. The van der Waals surface area contributed by atoms with Gasteiger partial charge in [0, 0.05) is 9.13 Å². The summed E-state index contributed by atoms with van der Waals surface area (Å²) in [6.45, 7) is 2.93. The summed E-state index contributed by atoms with van der Waals surface area (Å²) in [6, 6.07) is 20.5. The lowest BCUT2D eigenvalue weighted by atomic mass is 10.2. The van der Waals surface area contributed by atoms with Crippen LogP contribution in [-0.2, 0) is 6.61 Å². The number of hydrazone groups is 1. The molecule has 0 atom stereocenters. The molecule has 7 heteroatoms. The Morgan fingerprint density at radius 1 is 1.00 bits per heavy atom. The average molecular weight is 530 g/mol. The summed E-state index contributed by atoms with van der Waals surface area (Å²) >= 11 is 2.27. The van der Waals surface area contributed by atoms with Crippen LogP contribution < -0.4 is 19.6 Å². The molecule has 0 heterocycles. The molecule has 0 saturated carbocycles. The van der Waals surface area contributed by atoms with Crippen LogP contribution in [0.2, 0.25) is 0 Å². The predicted molar refractivity (Wildman–Crippen MR) is 129 cm³/mol. The zero-order valence-electron chi connectivity index (χ0n) is 17.3. The third-order valence-corrected chi connectivity index (χ3v) is 5.02. The Labute approximate surface area is 195 Å². The highest BCUT2D eigenvalue weighted by Gasteiger charge is 2.07. The molecule has 3 rings (SSSR count). The topological polar surface area (TPSA) is 69.2 Å². The number of carbonyl (C=O) groups is 1. The first kappa shape index (κ1) is 22.6. The van der Waals surface area contributed by atoms with E-state index in [1.54, 1.807) is 43.7 Å². The number of halogens is 1. The Morgan fingerprint density at radius 3 is 2.42 bits per heavy atom. The first-order chi connectivity index (χ1) is 15.1. The Kier molecular flexibility index (Phi) is 8.28. The lowest BCUT2D eigenvalue weighted by molar-refractivity contribution is 0.0955. The molecule has 31 heavy (non-hydrogen) atoms. The summed E-state index contributed by atoms with van der Waals surface area (Å²) in [5.41, 5.74) is 4.86. The van der Waals surface area contributed by atoms with Gasteiger partial charge in [0.05, 0.1) is 19.9 Å². The van der Waals surface area contributed by atoms with Crippen molar-refractivity contribution in [1.82, 2.24) is 5.43 Å². The maximum absolute atomic E-state index is 12.2. The molecule has 3 aromatic rings. The molecule has 0 aliphatic heterocycles. The standard InChI is InChI=1S/C24H23IN2O4/c1-3-30-21-11-7-19(8-12-21)24(28)27-26-15-18-6-13-22(23(14-18)29-2)31-16-17-4-9-20(25)10-5-17/h4-15H,3,16H2,1-2H3,(H,27,28)/b26-15-. The highest BCUT2D eigenvalue weighted by molar-refractivity contribution is 14.1. The van der Waals surface area contributed by atoms with Crippen LogP contribution in [0, 0.1) is 3.57 Å². The van der Waals surface area contributed by atoms with Crippen LogP contribution in [0.15, 0.2) is 71.8 Å². The van der Waals surface area contributed by atoms with Crippen LogP contribution in [-0.4, -0.2) is 25.8 Å². The lowest BCUT2D eigenvalue weighted by Gasteiger charge is -2.11. The second-order valence-electron chi connectivity index (χ2n) is 6.48. The molecule has 0 aliphatic rings. The van der Waals surface area contributed by atoms with E-state index in [2.05, 4.69) is 33.1 Å². The number of rotatable bonds is 9. The van der Waals surface area contributed by atoms with Crippen molar-refractivity contribution >= 4 is 34.7 Å². The molecule has 0 spiro atoms. The quantitative estimate of drug-likeness (QED) is 0.239. The highest BCUT2D eigenvalue weighted by atomic mass is 127. The number of carbonyl (C=O) groups excluding carboxylic acids is 1. The number of nitrogens with zero attached hydrogens (tertiary/aromatic N) is 1. The first-order valence-electron chi connectivity index (χ1n) is 9.70. The molecule has 0 unspecified atom stereocenters. The van der Waals surface area contributed by atoms with Crippen molar-refractivity contribution in [3.05, 3.63) is 87.0 Å². The van der Waals surface area contributed by atoms with E-state index in [4.69, 9.17) is 14.2 Å². The largest absolute Gasteiger partial charge is 0.494 e. The fourth-order valence-electron chi connectivity index (χ4n) is 2.72. The third kappa shape index (κ3) is 6.71. The molecule has 0 radical (unpaired) electrons. The highest BCUT2D eigenvalue weighted by Crippen LogP contribution is 2.28. The van der Waals surface area contributed by atoms with E-state index >= 15 is 0 Å². The van der Waals surface area contributed by atoms with E-state index in [-0.39, 0.29) is 5.91 Å². The Morgan fingerprint density at radius 2 is 1.74 bits per heavy atom. The molecule has 6 nitrogen and oxygen atoms in total. The van der Waals surface area contributed by atoms with Crippen LogP contribution in [0.4, 0.5) is 0 Å². The maximum Gasteiger partial charge on any atom is 0.271 e. The van der Waals surface area contributed by atoms with E-state index in [1.165, 1.54) is 3.57 Å². The summed E-state index contributed by atoms with van der Waals surface area (Å²) in [6.07, 6.45) is 1.55. The lowest BCUT2D eigenvalue weighted by Crippen LogP contribution is -2.17. The number of hydrogen-bond acceptors (Lipinski definition) is 5. The Balaban J connectivity index is 1.58. The monoisotopic (exact) mass is 530 g/mol. The molecule has 1 N–H and O–H groups in total. The SMILES string of the molecule is CCOc1ccc(C(=O)N/N=C\c2ccc(OCc3ccc(I)cc3)c(OC)c2)cc1. The molecule has 0 saturated heterocycles. The molecule has 160 valence electrons. The van der Waals surface area contributed by atoms with Crippen molar-refractivity contribution in [3.8, 4) is 17.2 Å². The van der Waals surface area contributed by atoms with Crippen molar-refractivity contribution in [1.29, 1.82) is 0 Å². The molecule has 0 fully saturated rings. The minimum Gasteiger partial charge on any atom is -0.494 e. The van der Waals surface area contributed by atoms with Gasteiger partial charge in [-0.05, 0) is 95.2 Å². The van der Waals surface area contributed by atoms with E-state index in [0.29, 0.717) is 30.3 Å². The zero-order valence-corrected chi connectivity index (χ0v) is 19.5. The Bertz CT molecular complexity index is 1030. The Hall–Kier alpha value is -3.07. The molecule has 0 bridgehead atoms. The molecule has 0 aliphatic carbocycles. The number of methoxy groups -OCH3 is 1. The fourth-order valence-corrected chi connectivity index (χ4v) is 3.08. The number of nitrogens with one attached hydrogen (secondary N) is 1. The molecule has 3 aromatic carbocycles. The van der Waals surface area contributed by atoms with Gasteiger partial charge in [0.2, 0.25) is 0 Å². The van der Waals surface area contributed by atoms with Gasteiger partial charge in [0.15, 0.2) is 11.5 Å². The summed E-state index contributed by atoms with van der Waals surface area (Å²) in [4.78, 5) is 12.2. The van der Waals surface area contributed by atoms with E-state index < -0.39 is 0 Å². The van der Waals surface area contributed by atoms with Crippen LogP contribution in [0.1, 0.15) is 28.4 Å². The van der Waals surface area contributed by atoms with E-state index in [1.807, 2.05) is 43.3 Å². The van der Waals surface area contributed by atoms with Gasteiger partial charge in [0.25, 0.3) is 5.91 Å². The summed E-state index contributed by atoms with van der Waals surface area (Å²) in [7, 11) is 1.59. The maximum atomic E-state index is 12.2. The van der Waals surface area contributed by atoms with Crippen LogP contribution >= 0.6 is 22.6 Å². The van der Waals surface area contributed by atoms with Crippen molar-refractivity contribution in [2.75, 3.05) is 13.7 Å². The predicted octanol–water partition coefficient (Wildman–Crippen LogP) is 5.04. The van der Waals surface area contributed by atoms with Crippen LogP contribution in [0.25, 0.3) is 0 Å². The summed E-state index contributed by atoms with van der Waals surface area (Å²) in [5, 5.41) is 4.03. The second-order valence-corrected chi connectivity index (χ2v) is 7.73. The molecular formula is C24H23IN2O4. The zero-order chi connectivity index (χ0) is 22.1. The third-order valence-electron chi connectivity index (χ3n) is 4.30. The van der Waals surface area contributed by atoms with Gasteiger partial charge in [-0.25, -0.2) is 5.43 Å². The smallest absolute Gasteiger partial charge is 0.271 e. The van der Waals surface area contributed by atoms with Crippen molar-refractivity contribution in [2.24, 2.45) is 5.10 Å². The van der Waals surface area contributed by atoms with Gasteiger partial charge in [-0.2, -0.15) is 5.10 Å². The number of amides is 1. The van der Waals surface area contributed by atoms with E-state index in [0.717, 1.165) is 16.9 Å². The summed E-state index contributed by atoms with van der Waals surface area (Å²) in [5.74, 6) is 1.65. The van der Waals surface area contributed by atoms with Crippen LogP contribution in [0.5, 0.6) is 17.2 Å². The van der Waals surface area contributed by atoms with Crippen molar-refractivity contribution in [2.45, 2.75) is 13.5 Å². The van der Waals surface area contributed by atoms with Gasteiger partial charge in [-0.1, -0.05) is 12.1 Å². The van der Waals surface area contributed by atoms with Gasteiger partial charge < -0.3 is 14.2 Å². The van der Waals surface area contributed by atoms with Crippen molar-refractivity contribution in [3.63, 3.8) is 0 Å². The van der Waals surface area contributed by atoms with Crippen LogP contribution in [0.3, 0.4) is 0 Å². The second kappa shape index (κ2) is 11.4. The minimum absolute atomic E-state index is 0.302. The van der Waals surface area contributed by atoms with Gasteiger partial charge >= 0.3 is 0 Å². The van der Waals surface area contributed by atoms with Gasteiger partial charge in [-0.15, -0.1) is 0 Å². The van der Waals surface area contributed by atoms with Gasteiger partial charge in [-0.3, -0.25) is 4.79 Å². The average Bonchev–Trinajstić information content (AvgIpc) is 2.79. The normalized spacial score (nSPS) is 10.7. The molecule has 1 amide bonds. The molecular weight excluding hydrogens is 507 g/mol. The fraction of sp³-hybridized carbons (Fsp3) is 0.167. The number of hydrogen-bond donors (Lipinski definition) is 1. The number of ether oxygens (including phenoxy) is 3. The molecule has 0 aromatic heterocycles. The van der Waals surface area contributed by atoms with Gasteiger partial charge in [0.1, 0.15) is 12.4 Å².